The van der Waals surface area contributed by atoms with Gasteiger partial charge in [0.2, 0.25) is 0 Å². The molecule has 1 aliphatic rings. The number of hydrogen-bond donors (Lipinski definition) is 2. The number of hydrogen-bond acceptors (Lipinski definition) is 3. The lowest BCUT2D eigenvalue weighted by Crippen LogP contribution is -2.35. The summed E-state index contributed by atoms with van der Waals surface area (Å²) in [5, 5.41) is 5.81. The fraction of sp³-hybridized carbons (Fsp3) is 0.800. The smallest absolute Gasteiger partial charge is 0.409 e. The molecule has 1 heterocycles. The highest BCUT2D eigenvalue weighted by atomic mass is 31.0. The number of nitrogens with one attached hydrogen (secondary N) is 2. The summed E-state index contributed by atoms with van der Waals surface area (Å²) >= 11 is 0. The molecule has 5 heteroatoms. The Morgan fingerprint density at radius 2 is 2.60 bits per heavy atom. The summed E-state index contributed by atoms with van der Waals surface area (Å²) in [6, 6.07) is 0.244. The molecule has 1 fully saturated rings. The summed E-state index contributed by atoms with van der Waals surface area (Å²) in [7, 11) is 1.91. The average Bonchev–Trinajstić information content (AvgIpc) is 2.40. The normalized spacial score (nSPS) is 24.3. The van der Waals surface area contributed by atoms with E-state index in [2.05, 4.69) is 15.2 Å². The molecule has 4 nitrogen and oxygen atoms in total. The molecular formula is C5H11N2O2P. The molecule has 0 bridgehead atoms. The molecule has 1 rings (SSSR count). The van der Waals surface area contributed by atoms with Crippen molar-refractivity contribution in [3.63, 3.8) is 0 Å². The first-order chi connectivity index (χ1) is 4.83. The topological polar surface area (TPSA) is 50.4 Å². The molecule has 0 spiro atoms. The first-order valence-electron chi connectivity index (χ1n) is 3.21. The van der Waals surface area contributed by atoms with E-state index in [1.165, 1.54) is 0 Å². The molecule has 1 saturated heterocycles. The molecule has 0 aromatic rings. The van der Waals surface area contributed by atoms with Gasteiger partial charge >= 0.3 is 6.09 Å². The predicted molar refractivity (Wildman–Crippen MR) is 40.6 cm³/mol. The van der Waals surface area contributed by atoms with E-state index < -0.39 is 0 Å². The molecule has 1 aliphatic heterocycles. The zero-order valence-corrected chi connectivity index (χ0v) is 6.75. The highest BCUT2D eigenvalue weighted by Crippen LogP contribution is 1.98. The lowest BCUT2D eigenvalue weighted by molar-refractivity contribution is 0.204. The molecule has 2 atom stereocenters. The summed E-state index contributed by atoms with van der Waals surface area (Å²) in [4.78, 5) is 10.6. The van der Waals surface area contributed by atoms with Crippen LogP contribution in [0.1, 0.15) is 6.42 Å². The van der Waals surface area contributed by atoms with E-state index in [1.807, 2.05) is 9.47 Å². The molecule has 0 saturated carbocycles. The number of carbonyl (C=O) groups excluding carboxylic acids is 1. The van der Waals surface area contributed by atoms with E-state index in [4.69, 9.17) is 0 Å². The van der Waals surface area contributed by atoms with Crippen molar-refractivity contribution in [2.24, 2.45) is 0 Å². The van der Waals surface area contributed by atoms with Gasteiger partial charge in [-0.25, -0.2) is 4.79 Å². The van der Waals surface area contributed by atoms with Gasteiger partial charge in [0.15, 0.2) is 0 Å². The third-order valence-corrected chi connectivity index (χ3v) is 1.70. The van der Waals surface area contributed by atoms with Gasteiger partial charge in [-0.3, -0.25) is 0 Å². The van der Waals surface area contributed by atoms with Gasteiger partial charge < -0.3 is 15.2 Å². The van der Waals surface area contributed by atoms with Crippen LogP contribution in [0.15, 0.2) is 0 Å². The van der Waals surface area contributed by atoms with Crippen LogP contribution in [0.2, 0.25) is 0 Å². The average molecular weight is 162 g/mol. The Labute approximate surface area is 62.0 Å². The fourth-order valence-electron chi connectivity index (χ4n) is 0.979. The van der Waals surface area contributed by atoms with Crippen LogP contribution in [0, 0.1) is 0 Å². The Kier molecular flexibility index (Phi) is 2.90. The van der Waals surface area contributed by atoms with Crippen LogP contribution in [-0.2, 0) is 4.52 Å². The van der Waals surface area contributed by atoms with Crippen LogP contribution in [0.5, 0.6) is 0 Å². The lowest BCUT2D eigenvalue weighted by atomic mass is 10.3. The van der Waals surface area contributed by atoms with Crippen molar-refractivity contribution in [3.05, 3.63) is 0 Å². The second-order valence-corrected chi connectivity index (χ2v) is 2.48. The second kappa shape index (κ2) is 3.74. The molecule has 58 valence electrons. The van der Waals surface area contributed by atoms with Crippen LogP contribution in [0.3, 0.4) is 0 Å². The van der Waals surface area contributed by atoms with Gasteiger partial charge in [0, 0.05) is 12.6 Å². The third-order valence-electron chi connectivity index (χ3n) is 1.49. The third kappa shape index (κ3) is 2.12. The van der Waals surface area contributed by atoms with Crippen molar-refractivity contribution in [2.75, 3.05) is 13.1 Å². The van der Waals surface area contributed by atoms with Crippen LogP contribution in [0.25, 0.3) is 0 Å². The molecule has 1 unspecified atom stereocenters. The van der Waals surface area contributed by atoms with Gasteiger partial charge in [-0.1, -0.05) is 0 Å². The second-order valence-electron chi connectivity index (χ2n) is 2.24. The molecule has 0 aliphatic carbocycles. The zero-order chi connectivity index (χ0) is 7.40. The maximum atomic E-state index is 10.6. The Bertz CT molecular complexity index is 125. The van der Waals surface area contributed by atoms with E-state index in [-0.39, 0.29) is 12.1 Å². The van der Waals surface area contributed by atoms with Crippen molar-refractivity contribution in [2.45, 2.75) is 12.5 Å². The van der Waals surface area contributed by atoms with Gasteiger partial charge in [0.1, 0.15) is 0 Å². The number of rotatable bonds is 1. The van der Waals surface area contributed by atoms with Gasteiger partial charge in [-0.15, -0.1) is 0 Å². The van der Waals surface area contributed by atoms with Gasteiger partial charge in [-0.05, 0) is 13.0 Å². The van der Waals surface area contributed by atoms with Gasteiger partial charge in [0.05, 0.1) is 9.47 Å². The minimum Gasteiger partial charge on any atom is -0.435 e. The van der Waals surface area contributed by atoms with Crippen LogP contribution in [0.4, 0.5) is 4.79 Å². The molecule has 0 aromatic heterocycles. The maximum absolute atomic E-state index is 10.6. The van der Waals surface area contributed by atoms with E-state index >= 15 is 0 Å². The zero-order valence-electron chi connectivity index (χ0n) is 5.59. The highest BCUT2D eigenvalue weighted by Gasteiger charge is 2.16. The van der Waals surface area contributed by atoms with E-state index in [0.717, 1.165) is 19.5 Å². The number of carbonyl (C=O) groups is 1. The summed E-state index contributed by atoms with van der Waals surface area (Å²) in [6.45, 7) is 1.82. The van der Waals surface area contributed by atoms with Crippen molar-refractivity contribution >= 4 is 15.6 Å². The van der Waals surface area contributed by atoms with Crippen molar-refractivity contribution in [1.82, 2.24) is 10.6 Å². The fourth-order valence-corrected chi connectivity index (χ4v) is 1.05. The monoisotopic (exact) mass is 162 g/mol. The lowest BCUT2D eigenvalue weighted by Gasteiger charge is -2.08. The molecular weight excluding hydrogens is 151 g/mol. The molecule has 10 heavy (non-hydrogen) atoms. The summed E-state index contributed by atoms with van der Waals surface area (Å²) in [5.74, 6) is 0. The molecule has 2 N–H and O–H groups in total. The largest absolute Gasteiger partial charge is 0.435 e. The predicted octanol–water partition coefficient (Wildman–Crippen LogP) is -0.135. The molecule has 1 amide bonds. The minimum absolute atomic E-state index is 0.244. The van der Waals surface area contributed by atoms with Crippen LogP contribution in [-0.4, -0.2) is 25.2 Å². The van der Waals surface area contributed by atoms with E-state index in [0.29, 0.717) is 0 Å². The van der Waals surface area contributed by atoms with Crippen molar-refractivity contribution in [3.8, 4) is 0 Å². The first kappa shape index (κ1) is 7.76. The van der Waals surface area contributed by atoms with Gasteiger partial charge in [-0.2, -0.15) is 0 Å². The Morgan fingerprint density at radius 3 is 3.10 bits per heavy atom. The Morgan fingerprint density at radius 1 is 1.80 bits per heavy atom. The highest BCUT2D eigenvalue weighted by molar-refractivity contribution is 7.10. The SMILES string of the molecule is O=C(N[C@H]1CCNC1)OP. The summed E-state index contributed by atoms with van der Waals surface area (Å²) in [5.41, 5.74) is 0. The van der Waals surface area contributed by atoms with Gasteiger partial charge in [0.25, 0.3) is 0 Å². The summed E-state index contributed by atoms with van der Waals surface area (Å²) < 4.78 is 4.35. The van der Waals surface area contributed by atoms with Crippen LogP contribution < -0.4 is 10.6 Å². The molecule has 0 radical (unpaired) electrons. The van der Waals surface area contributed by atoms with Crippen molar-refractivity contribution in [1.29, 1.82) is 0 Å². The quantitative estimate of drug-likeness (QED) is 0.528. The molecule has 0 aromatic carbocycles. The van der Waals surface area contributed by atoms with Crippen LogP contribution >= 0.6 is 9.47 Å². The van der Waals surface area contributed by atoms with Crippen molar-refractivity contribution < 1.29 is 9.32 Å². The Hall–Kier alpha value is -0.340. The van der Waals surface area contributed by atoms with E-state index in [9.17, 15) is 4.79 Å². The summed E-state index contributed by atoms with van der Waals surface area (Å²) in [6.07, 6.45) is 0.610. The first-order valence-corrected chi connectivity index (χ1v) is 3.68. The van der Waals surface area contributed by atoms with E-state index in [1.54, 1.807) is 0 Å². The standard InChI is InChI=1S/C5H11N2O2P/c8-5(9-10)7-4-1-2-6-3-4/h4,6H,1-3,10H2,(H,7,8)/t4-/m0/s1. The number of amides is 1. The minimum atomic E-state index is -0.376. The Balaban J connectivity index is 2.17. The maximum Gasteiger partial charge on any atom is 0.409 e.